The van der Waals surface area contributed by atoms with Gasteiger partial charge in [-0.2, -0.15) is 23.4 Å². The highest BCUT2D eigenvalue weighted by molar-refractivity contribution is 6.29. The lowest BCUT2D eigenvalue weighted by Crippen LogP contribution is -2.16. The molecule has 8 nitrogen and oxygen atoms in total. The van der Waals surface area contributed by atoms with E-state index in [-0.39, 0.29) is 5.15 Å². The van der Waals surface area contributed by atoms with Crippen LogP contribution in [-0.2, 0) is 6.18 Å². The predicted molar refractivity (Wildman–Crippen MR) is 58.6 cm³/mol. The van der Waals surface area contributed by atoms with Gasteiger partial charge in [-0.05, 0) is 0 Å². The minimum absolute atomic E-state index is 0.142. The molecule has 106 valence electrons. The Kier molecular flexibility index (Phi) is 3.21. The molecule has 12 heteroatoms. The lowest BCUT2D eigenvalue weighted by Gasteiger charge is -2.01. The molecule has 2 aromatic heterocycles. The number of hydrogen-bond acceptors (Lipinski definition) is 5. The summed E-state index contributed by atoms with van der Waals surface area (Å²) in [4.78, 5) is 20.8. The third-order valence-electron chi connectivity index (χ3n) is 2.12. The van der Waals surface area contributed by atoms with Gasteiger partial charge in [0.15, 0.2) is 0 Å². The van der Waals surface area contributed by atoms with Crippen LogP contribution in [0.5, 0.6) is 0 Å². The third kappa shape index (κ3) is 2.47. The number of nitro groups is 1. The summed E-state index contributed by atoms with van der Waals surface area (Å²) in [5, 5.41) is 18.9. The van der Waals surface area contributed by atoms with Crippen molar-refractivity contribution in [1.82, 2.24) is 20.0 Å². The van der Waals surface area contributed by atoms with E-state index in [0.717, 1.165) is 6.07 Å². The van der Waals surface area contributed by atoms with Crippen LogP contribution >= 0.6 is 11.6 Å². The van der Waals surface area contributed by atoms with Crippen LogP contribution in [0, 0.1) is 10.1 Å². The van der Waals surface area contributed by atoms with E-state index in [4.69, 9.17) is 11.6 Å². The lowest BCUT2D eigenvalue weighted by molar-refractivity contribution is -0.388. The first kappa shape index (κ1) is 14.0. The van der Waals surface area contributed by atoms with Crippen LogP contribution in [0.15, 0.2) is 17.1 Å². The van der Waals surface area contributed by atoms with Crippen molar-refractivity contribution in [3.63, 3.8) is 0 Å². The molecule has 2 aromatic rings. The fourth-order valence-electron chi connectivity index (χ4n) is 1.35. The number of rotatable bonds is 2. The first-order valence-electron chi connectivity index (χ1n) is 4.77. The van der Waals surface area contributed by atoms with Gasteiger partial charge in [0.05, 0.1) is 4.92 Å². The SMILES string of the molecule is O=c1cc(Cl)[nH]nc1-n1cc([N+](=O)[O-])c(C(F)(F)F)n1. The van der Waals surface area contributed by atoms with Crippen molar-refractivity contribution in [2.24, 2.45) is 0 Å². The van der Waals surface area contributed by atoms with Crippen LogP contribution in [0.2, 0.25) is 5.15 Å². The molecule has 20 heavy (non-hydrogen) atoms. The zero-order valence-corrected chi connectivity index (χ0v) is 9.94. The van der Waals surface area contributed by atoms with Crippen LogP contribution in [0.4, 0.5) is 18.9 Å². The Morgan fingerprint density at radius 3 is 2.55 bits per heavy atom. The van der Waals surface area contributed by atoms with Gasteiger partial charge in [0.2, 0.25) is 16.9 Å². The van der Waals surface area contributed by atoms with Gasteiger partial charge in [-0.1, -0.05) is 11.6 Å². The predicted octanol–water partition coefficient (Wildman–Crippen LogP) is 1.54. The van der Waals surface area contributed by atoms with Crippen molar-refractivity contribution in [2.45, 2.75) is 6.18 Å². The van der Waals surface area contributed by atoms with Gasteiger partial charge in [-0.15, -0.1) is 0 Å². The molecule has 0 aliphatic rings. The number of nitrogens with zero attached hydrogens (tertiary/aromatic N) is 4. The van der Waals surface area contributed by atoms with Crippen molar-refractivity contribution in [3.8, 4) is 5.82 Å². The second-order valence-electron chi connectivity index (χ2n) is 3.47. The van der Waals surface area contributed by atoms with Gasteiger partial charge in [0, 0.05) is 6.07 Å². The first-order valence-corrected chi connectivity index (χ1v) is 5.15. The standard InChI is InChI=1S/C8H3ClF3N5O3/c9-5-1-4(18)7(14-13-5)16-2-3(17(19)20)6(15-16)8(10,11)12/h1-2H,(H,13,18). The lowest BCUT2D eigenvalue weighted by atomic mass is 10.4. The fraction of sp³-hybridized carbons (Fsp3) is 0.125. The number of halogens is 4. The number of aromatic nitrogens is 4. The summed E-state index contributed by atoms with van der Waals surface area (Å²) in [5.41, 5.74) is -3.85. The normalized spacial score (nSPS) is 11.6. The second-order valence-corrected chi connectivity index (χ2v) is 3.87. The summed E-state index contributed by atoms with van der Waals surface area (Å²) in [7, 11) is 0. The molecular formula is C8H3ClF3N5O3. The van der Waals surface area contributed by atoms with Crippen LogP contribution in [0.25, 0.3) is 5.82 Å². The smallest absolute Gasteiger partial charge is 0.286 e. The molecule has 0 saturated carbocycles. The van der Waals surface area contributed by atoms with Gasteiger partial charge >= 0.3 is 11.9 Å². The summed E-state index contributed by atoms with van der Waals surface area (Å²) >= 11 is 5.43. The molecule has 0 spiro atoms. The largest absolute Gasteiger partial charge is 0.442 e. The van der Waals surface area contributed by atoms with Crippen molar-refractivity contribution < 1.29 is 18.1 Å². The zero-order chi connectivity index (χ0) is 15.1. The Bertz CT molecular complexity index is 738. The Balaban J connectivity index is 2.65. The zero-order valence-electron chi connectivity index (χ0n) is 9.18. The molecule has 0 saturated heterocycles. The highest BCUT2D eigenvalue weighted by atomic mass is 35.5. The molecule has 0 radical (unpaired) electrons. The number of aromatic amines is 1. The maximum atomic E-state index is 12.6. The van der Waals surface area contributed by atoms with E-state index < -0.39 is 33.7 Å². The minimum atomic E-state index is -5.03. The van der Waals surface area contributed by atoms with Crippen molar-refractivity contribution in [3.05, 3.63) is 43.4 Å². The molecular weight excluding hydrogens is 307 g/mol. The summed E-state index contributed by atoms with van der Waals surface area (Å²) in [6.07, 6.45) is -4.58. The van der Waals surface area contributed by atoms with Crippen LogP contribution in [-0.4, -0.2) is 24.9 Å². The molecule has 0 aliphatic heterocycles. The highest BCUT2D eigenvalue weighted by Gasteiger charge is 2.42. The molecule has 1 N–H and O–H groups in total. The maximum absolute atomic E-state index is 12.6. The molecule has 0 atom stereocenters. The number of nitrogens with one attached hydrogen (secondary N) is 1. The van der Waals surface area contributed by atoms with E-state index in [1.165, 1.54) is 0 Å². The van der Waals surface area contributed by atoms with Crippen LogP contribution in [0.1, 0.15) is 5.69 Å². The molecule has 0 aliphatic carbocycles. The summed E-state index contributed by atoms with van der Waals surface area (Å²) in [6, 6.07) is 0.852. The van der Waals surface area contributed by atoms with E-state index in [2.05, 4.69) is 15.3 Å². The quantitative estimate of drug-likeness (QED) is 0.669. The molecule has 2 rings (SSSR count). The third-order valence-corrected chi connectivity index (χ3v) is 2.32. The number of H-pyrrole nitrogens is 1. The molecule has 0 aromatic carbocycles. The summed E-state index contributed by atoms with van der Waals surface area (Å²) in [5.74, 6) is -0.576. The fourth-order valence-corrected chi connectivity index (χ4v) is 1.49. The Morgan fingerprint density at radius 2 is 2.10 bits per heavy atom. The summed E-state index contributed by atoms with van der Waals surface area (Å²) < 4.78 is 38.2. The van der Waals surface area contributed by atoms with Crippen LogP contribution < -0.4 is 5.43 Å². The number of hydrogen-bond donors (Lipinski definition) is 1. The van der Waals surface area contributed by atoms with Gasteiger partial charge in [-0.3, -0.25) is 20.0 Å². The monoisotopic (exact) mass is 309 g/mol. The highest BCUT2D eigenvalue weighted by Crippen LogP contribution is 2.34. The van der Waals surface area contributed by atoms with E-state index in [1.807, 2.05) is 0 Å². The molecule has 0 bridgehead atoms. The topological polar surface area (TPSA) is 107 Å². The van der Waals surface area contributed by atoms with Crippen molar-refractivity contribution in [1.29, 1.82) is 0 Å². The van der Waals surface area contributed by atoms with E-state index in [0.29, 0.717) is 10.9 Å². The molecule has 2 heterocycles. The number of alkyl halides is 3. The van der Waals surface area contributed by atoms with Gasteiger partial charge in [0.25, 0.3) is 0 Å². The molecule has 0 fully saturated rings. The van der Waals surface area contributed by atoms with E-state index in [9.17, 15) is 28.1 Å². The molecule has 0 unspecified atom stereocenters. The summed E-state index contributed by atoms with van der Waals surface area (Å²) in [6.45, 7) is 0. The maximum Gasteiger partial charge on any atom is 0.442 e. The van der Waals surface area contributed by atoms with Gasteiger partial charge in [0.1, 0.15) is 11.3 Å². The van der Waals surface area contributed by atoms with Crippen molar-refractivity contribution >= 4 is 17.3 Å². The van der Waals surface area contributed by atoms with Gasteiger partial charge < -0.3 is 0 Å². The van der Waals surface area contributed by atoms with E-state index in [1.54, 1.807) is 0 Å². The van der Waals surface area contributed by atoms with Crippen molar-refractivity contribution in [2.75, 3.05) is 0 Å². The average Bonchev–Trinajstić information content (AvgIpc) is 2.73. The average molecular weight is 310 g/mol. The Labute approximate surface area is 111 Å². The second kappa shape index (κ2) is 4.59. The first-order chi connectivity index (χ1) is 9.20. The van der Waals surface area contributed by atoms with Gasteiger partial charge in [-0.25, -0.2) is 4.68 Å². The molecule has 0 amide bonds. The van der Waals surface area contributed by atoms with Crippen LogP contribution in [0.3, 0.4) is 0 Å². The Morgan fingerprint density at radius 1 is 1.45 bits per heavy atom. The Hall–Kier alpha value is -2.43. The van der Waals surface area contributed by atoms with E-state index >= 15 is 0 Å². The minimum Gasteiger partial charge on any atom is -0.286 e.